The summed E-state index contributed by atoms with van der Waals surface area (Å²) in [6, 6.07) is 6.99. The summed E-state index contributed by atoms with van der Waals surface area (Å²) in [5.41, 5.74) is 0.466. The van der Waals surface area contributed by atoms with Crippen molar-refractivity contribution in [1.82, 2.24) is 0 Å². The van der Waals surface area contributed by atoms with Crippen LogP contribution < -0.4 is 10.6 Å². The lowest BCUT2D eigenvalue weighted by atomic mass is 10.3. The Morgan fingerprint density at radius 2 is 1.70 bits per heavy atom. The number of hydrogen-bond donors (Lipinski definition) is 2. The van der Waals surface area contributed by atoms with Gasteiger partial charge < -0.3 is 10.6 Å². The van der Waals surface area contributed by atoms with Crippen LogP contribution in [0.25, 0.3) is 0 Å². The zero-order valence-electron chi connectivity index (χ0n) is 9.88. The Balaban J connectivity index is 2.07. The number of nitrogens with one attached hydrogen (secondary N) is 2. The Hall–Kier alpha value is -1.79. The lowest BCUT2D eigenvalue weighted by Crippen LogP contribution is -2.19. The molecule has 0 radical (unpaired) electrons. The van der Waals surface area contributed by atoms with E-state index in [2.05, 4.69) is 10.6 Å². The van der Waals surface area contributed by atoms with Crippen molar-refractivity contribution in [2.24, 2.45) is 0 Å². The largest absolute Gasteiger partial charge is 0.332 e. The fraction of sp³-hybridized carbons (Fsp3) is 0. The molecule has 2 N–H and O–H groups in total. The van der Waals surface area contributed by atoms with Gasteiger partial charge in [0.25, 0.3) is 0 Å². The van der Waals surface area contributed by atoms with Crippen molar-refractivity contribution >= 4 is 40.3 Å². The maximum Gasteiger partial charge on any atom is 0.175 e. The maximum absolute atomic E-state index is 13.4. The van der Waals surface area contributed by atoms with Crippen molar-refractivity contribution in [3.05, 3.63) is 58.9 Å². The van der Waals surface area contributed by atoms with E-state index in [-0.39, 0.29) is 15.8 Å². The van der Waals surface area contributed by atoms with Crippen LogP contribution in [0.4, 0.5) is 24.5 Å². The summed E-state index contributed by atoms with van der Waals surface area (Å²) in [5, 5.41) is 5.27. The third-order valence-electron chi connectivity index (χ3n) is 2.36. The van der Waals surface area contributed by atoms with Gasteiger partial charge in [0.1, 0.15) is 17.5 Å². The van der Waals surface area contributed by atoms with Crippen LogP contribution in [0.1, 0.15) is 0 Å². The third kappa shape index (κ3) is 3.61. The summed E-state index contributed by atoms with van der Waals surface area (Å²) < 4.78 is 39.1. The van der Waals surface area contributed by atoms with Gasteiger partial charge >= 0.3 is 0 Å². The van der Waals surface area contributed by atoms with Gasteiger partial charge in [-0.2, -0.15) is 0 Å². The molecule has 0 unspecified atom stereocenters. The van der Waals surface area contributed by atoms with Crippen molar-refractivity contribution in [2.45, 2.75) is 0 Å². The molecule has 0 fully saturated rings. The zero-order valence-corrected chi connectivity index (χ0v) is 11.5. The number of benzene rings is 2. The Morgan fingerprint density at radius 3 is 2.35 bits per heavy atom. The summed E-state index contributed by atoms with van der Waals surface area (Å²) in [4.78, 5) is 0. The van der Waals surface area contributed by atoms with E-state index in [1.807, 2.05) is 0 Å². The molecule has 7 heteroatoms. The number of hydrogen-bond acceptors (Lipinski definition) is 1. The van der Waals surface area contributed by atoms with Gasteiger partial charge in [-0.25, -0.2) is 13.2 Å². The quantitative estimate of drug-likeness (QED) is 0.794. The van der Waals surface area contributed by atoms with E-state index in [9.17, 15) is 13.2 Å². The standard InChI is InChI=1S/C13H8ClF3N2S/c14-9-6-8(2-3-10(9)16)18-13(20)19-12-4-1-7(15)5-11(12)17/h1-6H,(H2,18,19,20). The molecule has 2 aromatic carbocycles. The molecule has 0 saturated heterocycles. The molecule has 2 nitrogen and oxygen atoms in total. The first-order valence-electron chi connectivity index (χ1n) is 5.44. The second kappa shape index (κ2) is 6.11. The van der Waals surface area contributed by atoms with Crippen molar-refractivity contribution < 1.29 is 13.2 Å². The van der Waals surface area contributed by atoms with Crippen LogP contribution in [0.2, 0.25) is 5.02 Å². The Bertz CT molecular complexity index is 664. The molecule has 0 saturated carbocycles. The number of halogens is 4. The minimum Gasteiger partial charge on any atom is -0.332 e. The van der Waals surface area contributed by atoms with Crippen molar-refractivity contribution in [3.63, 3.8) is 0 Å². The summed E-state index contributed by atoms with van der Waals surface area (Å²) in [5.74, 6) is -2.01. The lowest BCUT2D eigenvalue weighted by Gasteiger charge is -2.11. The molecule has 104 valence electrons. The van der Waals surface area contributed by atoms with Crippen LogP contribution in [0.5, 0.6) is 0 Å². The molecular weight excluding hydrogens is 309 g/mol. The summed E-state index contributed by atoms with van der Waals surface area (Å²) in [7, 11) is 0. The highest BCUT2D eigenvalue weighted by atomic mass is 35.5. The van der Waals surface area contributed by atoms with Crippen molar-refractivity contribution in [1.29, 1.82) is 0 Å². The topological polar surface area (TPSA) is 24.1 Å². The lowest BCUT2D eigenvalue weighted by molar-refractivity contribution is 0.586. The fourth-order valence-electron chi connectivity index (χ4n) is 1.45. The predicted molar refractivity (Wildman–Crippen MR) is 77.6 cm³/mol. The van der Waals surface area contributed by atoms with Crippen LogP contribution in [-0.4, -0.2) is 5.11 Å². The first kappa shape index (κ1) is 14.6. The summed E-state index contributed by atoms with van der Waals surface area (Å²) in [6.07, 6.45) is 0. The molecule has 2 aromatic rings. The van der Waals surface area contributed by atoms with E-state index in [4.69, 9.17) is 23.8 Å². The predicted octanol–water partition coefficient (Wildman–Crippen LogP) is 4.57. The first-order valence-corrected chi connectivity index (χ1v) is 6.22. The monoisotopic (exact) mass is 316 g/mol. The minimum absolute atomic E-state index is 0.0251. The fourth-order valence-corrected chi connectivity index (χ4v) is 1.86. The van der Waals surface area contributed by atoms with Gasteiger partial charge in [0.05, 0.1) is 10.7 Å². The SMILES string of the molecule is Fc1ccc(NC(=S)Nc2ccc(F)c(Cl)c2)c(F)c1. The van der Waals surface area contributed by atoms with E-state index >= 15 is 0 Å². The van der Waals surface area contributed by atoms with E-state index in [1.54, 1.807) is 0 Å². The number of thiocarbonyl (C=S) groups is 1. The second-order valence-electron chi connectivity index (χ2n) is 3.83. The average Bonchev–Trinajstić information content (AvgIpc) is 2.37. The van der Waals surface area contributed by atoms with E-state index < -0.39 is 17.5 Å². The molecule has 0 amide bonds. The van der Waals surface area contributed by atoms with Crippen molar-refractivity contribution in [3.8, 4) is 0 Å². The molecule has 0 bridgehead atoms. The minimum atomic E-state index is -0.772. The van der Waals surface area contributed by atoms with Gasteiger partial charge in [-0.3, -0.25) is 0 Å². The van der Waals surface area contributed by atoms with Crippen LogP contribution >= 0.6 is 23.8 Å². The maximum atomic E-state index is 13.4. The highest BCUT2D eigenvalue weighted by molar-refractivity contribution is 7.80. The number of anilines is 2. The molecule has 20 heavy (non-hydrogen) atoms. The molecule has 0 spiro atoms. The van der Waals surface area contributed by atoms with Crippen LogP contribution in [0.3, 0.4) is 0 Å². The molecule has 0 aromatic heterocycles. The van der Waals surface area contributed by atoms with Gasteiger partial charge in [0.15, 0.2) is 5.11 Å². The van der Waals surface area contributed by atoms with Gasteiger partial charge in [-0.15, -0.1) is 0 Å². The van der Waals surface area contributed by atoms with E-state index in [0.29, 0.717) is 5.69 Å². The van der Waals surface area contributed by atoms with Gasteiger partial charge in [-0.05, 0) is 42.5 Å². The average molecular weight is 317 g/mol. The highest BCUT2D eigenvalue weighted by Crippen LogP contribution is 2.20. The van der Waals surface area contributed by atoms with Crippen LogP contribution in [-0.2, 0) is 0 Å². The normalized spacial score (nSPS) is 10.2. The smallest absolute Gasteiger partial charge is 0.175 e. The van der Waals surface area contributed by atoms with Crippen molar-refractivity contribution in [2.75, 3.05) is 10.6 Å². The van der Waals surface area contributed by atoms with Gasteiger partial charge in [0, 0.05) is 11.8 Å². The van der Waals surface area contributed by atoms with Gasteiger partial charge in [0.2, 0.25) is 0 Å². The highest BCUT2D eigenvalue weighted by Gasteiger charge is 2.07. The Labute approximate surface area is 123 Å². The summed E-state index contributed by atoms with van der Waals surface area (Å²) >= 11 is 10.6. The molecule has 0 atom stereocenters. The zero-order chi connectivity index (χ0) is 14.7. The van der Waals surface area contributed by atoms with Crippen LogP contribution in [0.15, 0.2) is 36.4 Å². The molecule has 0 aliphatic carbocycles. The van der Waals surface area contributed by atoms with E-state index in [0.717, 1.165) is 12.1 Å². The molecular formula is C13H8ClF3N2S. The molecule has 2 rings (SSSR count). The molecule has 0 heterocycles. The Kier molecular flexibility index (Phi) is 4.46. The first-order chi connectivity index (χ1) is 9.45. The molecule has 0 aliphatic rings. The second-order valence-corrected chi connectivity index (χ2v) is 4.65. The number of rotatable bonds is 2. The third-order valence-corrected chi connectivity index (χ3v) is 2.85. The molecule has 0 aliphatic heterocycles. The van der Waals surface area contributed by atoms with E-state index in [1.165, 1.54) is 24.3 Å². The Morgan fingerprint density at radius 1 is 0.950 bits per heavy atom. The van der Waals surface area contributed by atoms with Crippen LogP contribution in [0, 0.1) is 17.5 Å². The van der Waals surface area contributed by atoms with Gasteiger partial charge in [-0.1, -0.05) is 11.6 Å². The summed E-state index contributed by atoms with van der Waals surface area (Å²) in [6.45, 7) is 0.